The fourth-order valence-electron chi connectivity index (χ4n) is 7.93. The predicted octanol–water partition coefficient (Wildman–Crippen LogP) is 10.0. The van der Waals surface area contributed by atoms with Gasteiger partial charge in [0, 0.05) is 25.2 Å². The van der Waals surface area contributed by atoms with Crippen molar-refractivity contribution >= 4 is 11.9 Å². The Kier molecular flexibility index (Phi) is 12.9. The van der Waals surface area contributed by atoms with E-state index in [9.17, 15) is 9.59 Å². The topological polar surface area (TPSA) is 82.1 Å². The summed E-state index contributed by atoms with van der Waals surface area (Å²) in [5.41, 5.74) is 8.26. The Morgan fingerprint density at radius 1 is 0.608 bits per heavy atom. The van der Waals surface area contributed by atoms with E-state index < -0.39 is 5.97 Å². The maximum absolute atomic E-state index is 12.5. The van der Waals surface area contributed by atoms with Crippen LogP contribution in [0.2, 0.25) is 0 Å². The van der Waals surface area contributed by atoms with Crippen LogP contribution in [0.4, 0.5) is 0 Å². The molecule has 2 aliphatic heterocycles. The number of esters is 1. The van der Waals surface area contributed by atoms with Gasteiger partial charge in [-0.3, -0.25) is 0 Å². The van der Waals surface area contributed by atoms with Crippen molar-refractivity contribution in [2.75, 3.05) is 13.2 Å². The summed E-state index contributed by atoms with van der Waals surface area (Å²) in [5, 5.41) is 8.92. The second kappa shape index (κ2) is 17.7. The summed E-state index contributed by atoms with van der Waals surface area (Å²) in [6.07, 6.45) is 14.6. The summed E-state index contributed by atoms with van der Waals surface area (Å²) in [4.78, 5) is 23.4. The molecule has 2 saturated heterocycles. The number of carbonyl (C=O) groups excluding carboxylic acids is 1. The van der Waals surface area contributed by atoms with Crippen molar-refractivity contribution in [2.45, 2.75) is 94.4 Å². The number of ether oxygens (including phenoxy) is 3. The average molecular weight is 723 g/mol. The third kappa shape index (κ3) is 9.23. The number of benzene rings is 4. The van der Waals surface area contributed by atoms with Gasteiger partial charge >= 0.3 is 11.9 Å². The SMILES string of the molecule is O=C(O)c1ccc(-c2ccc(C3CC[CH-]CC3)cc2)cc1.O=C(OC1CO[C@@H]2CCO[C@H]12)c1ccc(-c2ccc(C3CCCCC3)cc2)cc1.[V]. The molecule has 2 saturated carbocycles. The number of fused-ring (bicyclic) bond motifs is 1. The molecule has 0 bridgehead atoms. The minimum atomic E-state index is -0.883. The molecule has 0 spiro atoms. The molecule has 8 rings (SSSR count). The number of hydrogen-bond donors (Lipinski definition) is 1. The van der Waals surface area contributed by atoms with Crippen LogP contribution in [0.1, 0.15) is 108 Å². The van der Waals surface area contributed by atoms with Crippen molar-refractivity contribution in [3.8, 4) is 22.3 Å². The fraction of sp³-hybridized carbons (Fsp3) is 0.386. The van der Waals surface area contributed by atoms with E-state index in [2.05, 4.69) is 55.0 Å². The first-order chi connectivity index (χ1) is 24.5. The molecule has 0 aromatic heterocycles. The summed E-state index contributed by atoms with van der Waals surface area (Å²) >= 11 is 0. The molecule has 4 aliphatic rings. The zero-order valence-corrected chi connectivity index (χ0v) is 30.5. The summed E-state index contributed by atoms with van der Waals surface area (Å²) in [5.74, 6) is 0.219. The first kappa shape index (κ1) is 37.1. The molecule has 6 nitrogen and oxygen atoms in total. The van der Waals surface area contributed by atoms with E-state index in [-0.39, 0.29) is 42.8 Å². The summed E-state index contributed by atoms with van der Waals surface area (Å²) < 4.78 is 17.0. The van der Waals surface area contributed by atoms with Gasteiger partial charge in [-0.2, -0.15) is 12.8 Å². The Balaban J connectivity index is 0.000000181. The second-order valence-corrected chi connectivity index (χ2v) is 14.1. The number of hydrogen-bond acceptors (Lipinski definition) is 5. The van der Waals surface area contributed by atoms with Crippen LogP contribution < -0.4 is 0 Å². The van der Waals surface area contributed by atoms with Crippen molar-refractivity contribution in [3.05, 3.63) is 126 Å². The normalized spacial score (nSPS) is 21.8. The van der Waals surface area contributed by atoms with Crippen LogP contribution in [0.25, 0.3) is 22.3 Å². The van der Waals surface area contributed by atoms with Crippen molar-refractivity contribution < 1.29 is 47.5 Å². The molecule has 4 aromatic rings. The summed E-state index contributed by atoms with van der Waals surface area (Å²) in [6.45, 7) is 1.10. The van der Waals surface area contributed by atoms with E-state index in [0.717, 1.165) is 29.0 Å². The number of carbonyl (C=O) groups is 2. The molecule has 265 valence electrons. The molecule has 1 radical (unpaired) electrons. The third-order valence-corrected chi connectivity index (χ3v) is 10.9. The van der Waals surface area contributed by atoms with E-state index in [0.29, 0.717) is 30.3 Å². The number of carboxylic acids is 1. The molecule has 4 aromatic carbocycles. The van der Waals surface area contributed by atoms with Gasteiger partial charge in [-0.25, -0.2) is 9.59 Å². The van der Waals surface area contributed by atoms with Crippen LogP contribution in [-0.2, 0) is 32.8 Å². The van der Waals surface area contributed by atoms with Crippen molar-refractivity contribution in [2.24, 2.45) is 0 Å². The van der Waals surface area contributed by atoms with Crippen LogP contribution in [0.5, 0.6) is 0 Å². The smallest absolute Gasteiger partial charge is 0.338 e. The van der Waals surface area contributed by atoms with E-state index in [1.165, 1.54) is 74.5 Å². The first-order valence-corrected chi connectivity index (χ1v) is 18.4. The van der Waals surface area contributed by atoms with Gasteiger partial charge in [-0.1, -0.05) is 105 Å². The molecule has 2 aliphatic carbocycles. The molecule has 7 heteroatoms. The summed E-state index contributed by atoms with van der Waals surface area (Å²) in [6, 6.07) is 32.4. The average Bonchev–Trinajstić information content (AvgIpc) is 3.81. The Hall–Kier alpha value is -3.68. The molecule has 1 N–H and O–H groups in total. The molecule has 3 atom stereocenters. The number of rotatable bonds is 7. The minimum absolute atomic E-state index is 0. The predicted molar refractivity (Wildman–Crippen MR) is 195 cm³/mol. The van der Waals surface area contributed by atoms with E-state index in [4.69, 9.17) is 19.3 Å². The van der Waals surface area contributed by atoms with Crippen LogP contribution >= 0.6 is 0 Å². The fourth-order valence-corrected chi connectivity index (χ4v) is 7.93. The largest absolute Gasteiger partial charge is 0.478 e. The number of carboxylic acid groups (broad SMARTS) is 1. The molecule has 4 fully saturated rings. The zero-order chi connectivity index (χ0) is 34.3. The van der Waals surface area contributed by atoms with Gasteiger partial charge in [-0.05, 0) is 88.7 Å². The van der Waals surface area contributed by atoms with Crippen molar-refractivity contribution in [1.82, 2.24) is 0 Å². The van der Waals surface area contributed by atoms with Crippen molar-refractivity contribution in [1.29, 1.82) is 0 Å². The minimum Gasteiger partial charge on any atom is -0.478 e. The van der Waals surface area contributed by atoms with E-state index in [1.807, 2.05) is 36.4 Å². The maximum Gasteiger partial charge on any atom is 0.338 e. The van der Waals surface area contributed by atoms with Gasteiger partial charge in [0.05, 0.1) is 23.8 Å². The molecule has 0 amide bonds. The van der Waals surface area contributed by atoms with E-state index in [1.54, 1.807) is 12.1 Å². The van der Waals surface area contributed by atoms with Gasteiger partial charge < -0.3 is 25.7 Å². The van der Waals surface area contributed by atoms with Crippen LogP contribution in [0.15, 0.2) is 97.1 Å². The zero-order valence-electron chi connectivity index (χ0n) is 29.1. The van der Waals surface area contributed by atoms with Gasteiger partial charge in [0.1, 0.15) is 6.10 Å². The van der Waals surface area contributed by atoms with E-state index >= 15 is 0 Å². The summed E-state index contributed by atoms with van der Waals surface area (Å²) in [7, 11) is 0. The van der Waals surface area contributed by atoms with Crippen LogP contribution in [0, 0.1) is 6.42 Å². The van der Waals surface area contributed by atoms with Crippen LogP contribution in [0.3, 0.4) is 0 Å². The first-order valence-electron chi connectivity index (χ1n) is 18.4. The van der Waals surface area contributed by atoms with Gasteiger partial charge in [0.2, 0.25) is 0 Å². The van der Waals surface area contributed by atoms with Gasteiger partial charge in [0.15, 0.2) is 6.10 Å². The van der Waals surface area contributed by atoms with Crippen molar-refractivity contribution in [3.63, 3.8) is 0 Å². The Morgan fingerprint density at radius 3 is 1.63 bits per heavy atom. The molecule has 51 heavy (non-hydrogen) atoms. The standard InChI is InChI=1S/C25H28O4.C19H19O2.V/c26-25(29-23-16-28-22-14-15-27-24(22)23)21-12-10-20(11-13-21)19-8-6-18(7-9-19)17-4-2-1-3-5-17;20-19(21)18-12-10-17(11-13-18)16-8-6-15(7-9-16)14-4-2-1-3-5-14;/h6-13,17,22-24H,1-5,14-16H2;1,6-14H,2-5H2,(H,20,21);/q;-1;/t22-,23?,24+;;/m1../s1. The molecule has 1 unspecified atom stereocenters. The maximum atomic E-state index is 12.5. The Labute approximate surface area is 313 Å². The Morgan fingerprint density at radius 2 is 1.10 bits per heavy atom. The third-order valence-electron chi connectivity index (χ3n) is 10.9. The molecular formula is C44H47O6V-. The Bertz CT molecular complexity index is 1710. The second-order valence-electron chi connectivity index (χ2n) is 14.1. The quantitative estimate of drug-likeness (QED) is 0.151. The molecule has 2 heterocycles. The monoisotopic (exact) mass is 722 g/mol. The van der Waals surface area contributed by atoms with Crippen LogP contribution in [-0.4, -0.2) is 48.6 Å². The molecular weight excluding hydrogens is 675 g/mol. The number of aromatic carboxylic acids is 1. The van der Waals surface area contributed by atoms with Gasteiger partial charge in [-0.15, -0.1) is 0 Å². The van der Waals surface area contributed by atoms with Gasteiger partial charge in [0.25, 0.3) is 0 Å².